The highest BCUT2D eigenvalue weighted by molar-refractivity contribution is 14.1. The predicted octanol–water partition coefficient (Wildman–Crippen LogP) is 3.54. The molecule has 2 aromatic rings. The van der Waals surface area contributed by atoms with Crippen LogP contribution in [0, 0.1) is 9.39 Å². The lowest BCUT2D eigenvalue weighted by Crippen LogP contribution is -2.20. The molecular weight excluding hydrogens is 444 g/mol. The van der Waals surface area contributed by atoms with E-state index in [0.29, 0.717) is 21.6 Å². The minimum absolute atomic E-state index is 0.0657. The maximum Gasteiger partial charge on any atom is 0.335 e. The molecule has 2 N–H and O–H groups in total. The molecular formula is C17H15FINO5. The first-order valence-electron chi connectivity index (χ1n) is 7.28. The van der Waals surface area contributed by atoms with Gasteiger partial charge in [-0.1, -0.05) is 0 Å². The molecule has 2 aromatic carbocycles. The Morgan fingerprint density at radius 3 is 2.48 bits per heavy atom. The van der Waals surface area contributed by atoms with Crippen LogP contribution >= 0.6 is 22.6 Å². The maximum absolute atomic E-state index is 12.9. The van der Waals surface area contributed by atoms with Gasteiger partial charge in [0.05, 0.1) is 15.7 Å². The summed E-state index contributed by atoms with van der Waals surface area (Å²) >= 11 is 1.92. The van der Waals surface area contributed by atoms with E-state index in [-0.39, 0.29) is 17.9 Å². The Morgan fingerprint density at radius 1 is 1.20 bits per heavy atom. The normalized spacial score (nSPS) is 10.2. The first kappa shape index (κ1) is 19.0. The highest BCUT2D eigenvalue weighted by Gasteiger charge is 2.16. The van der Waals surface area contributed by atoms with Crippen LogP contribution in [0.25, 0.3) is 0 Å². The molecule has 0 spiro atoms. The van der Waals surface area contributed by atoms with Crippen molar-refractivity contribution in [3.05, 3.63) is 51.3 Å². The van der Waals surface area contributed by atoms with Crippen LogP contribution in [0.1, 0.15) is 17.3 Å². The van der Waals surface area contributed by atoms with Gasteiger partial charge in [0.25, 0.3) is 5.91 Å². The van der Waals surface area contributed by atoms with Crippen LogP contribution in [0.3, 0.4) is 0 Å². The van der Waals surface area contributed by atoms with E-state index in [1.165, 1.54) is 36.4 Å². The number of amides is 1. The fraction of sp³-hybridized carbons (Fsp3) is 0.176. The Hall–Kier alpha value is -2.36. The quantitative estimate of drug-likeness (QED) is 0.619. The molecule has 0 aromatic heterocycles. The van der Waals surface area contributed by atoms with Gasteiger partial charge in [0.2, 0.25) is 0 Å². The van der Waals surface area contributed by atoms with Crippen molar-refractivity contribution < 1.29 is 28.6 Å². The van der Waals surface area contributed by atoms with Crippen molar-refractivity contribution in [1.29, 1.82) is 0 Å². The molecule has 0 saturated carbocycles. The van der Waals surface area contributed by atoms with Crippen LogP contribution in [0.5, 0.6) is 11.5 Å². The number of anilines is 1. The highest BCUT2D eigenvalue weighted by Crippen LogP contribution is 2.34. The van der Waals surface area contributed by atoms with E-state index in [2.05, 4.69) is 5.32 Å². The average molecular weight is 459 g/mol. The molecule has 25 heavy (non-hydrogen) atoms. The maximum atomic E-state index is 12.9. The SMILES string of the molecule is CCOc1cc(C(=O)O)cc(I)c1OCC(=O)Nc1ccc(F)cc1. The summed E-state index contributed by atoms with van der Waals surface area (Å²) in [5, 5.41) is 11.7. The van der Waals surface area contributed by atoms with Gasteiger partial charge in [0, 0.05) is 5.69 Å². The summed E-state index contributed by atoms with van der Waals surface area (Å²) < 4.78 is 24.3. The monoisotopic (exact) mass is 459 g/mol. The summed E-state index contributed by atoms with van der Waals surface area (Å²) in [7, 11) is 0. The van der Waals surface area contributed by atoms with Gasteiger partial charge in [0.15, 0.2) is 18.1 Å². The summed E-state index contributed by atoms with van der Waals surface area (Å²) in [5.74, 6) is -1.38. The minimum Gasteiger partial charge on any atom is -0.490 e. The Labute approximate surface area is 157 Å². The second kappa shape index (κ2) is 8.65. The fourth-order valence-corrected chi connectivity index (χ4v) is 2.72. The average Bonchev–Trinajstić information content (AvgIpc) is 2.56. The van der Waals surface area contributed by atoms with E-state index in [1.807, 2.05) is 22.6 Å². The van der Waals surface area contributed by atoms with Crippen LogP contribution in [0.2, 0.25) is 0 Å². The molecule has 0 radical (unpaired) electrons. The highest BCUT2D eigenvalue weighted by atomic mass is 127. The van der Waals surface area contributed by atoms with Crippen molar-refractivity contribution in [2.45, 2.75) is 6.92 Å². The first-order chi connectivity index (χ1) is 11.9. The van der Waals surface area contributed by atoms with E-state index < -0.39 is 17.7 Å². The molecule has 0 unspecified atom stereocenters. The summed E-state index contributed by atoms with van der Waals surface area (Å²) in [6, 6.07) is 8.11. The van der Waals surface area contributed by atoms with Gasteiger partial charge in [-0.3, -0.25) is 4.79 Å². The van der Waals surface area contributed by atoms with E-state index in [4.69, 9.17) is 14.6 Å². The molecule has 0 aliphatic heterocycles. The molecule has 8 heteroatoms. The van der Waals surface area contributed by atoms with E-state index >= 15 is 0 Å². The molecule has 0 heterocycles. The number of halogens is 2. The Morgan fingerprint density at radius 2 is 1.88 bits per heavy atom. The first-order valence-corrected chi connectivity index (χ1v) is 8.36. The van der Waals surface area contributed by atoms with Crippen LogP contribution < -0.4 is 14.8 Å². The zero-order valence-electron chi connectivity index (χ0n) is 13.2. The van der Waals surface area contributed by atoms with Crippen molar-refractivity contribution in [3.8, 4) is 11.5 Å². The number of hydrogen-bond donors (Lipinski definition) is 2. The molecule has 0 fully saturated rings. The molecule has 0 saturated heterocycles. The van der Waals surface area contributed by atoms with E-state index in [0.717, 1.165) is 0 Å². The smallest absolute Gasteiger partial charge is 0.335 e. The topological polar surface area (TPSA) is 84.9 Å². The lowest BCUT2D eigenvalue weighted by Gasteiger charge is -2.14. The third-order valence-electron chi connectivity index (χ3n) is 3.03. The van der Waals surface area contributed by atoms with Crippen LogP contribution in [0.4, 0.5) is 10.1 Å². The molecule has 0 bridgehead atoms. The number of hydrogen-bond acceptors (Lipinski definition) is 4. The van der Waals surface area contributed by atoms with Crippen molar-refractivity contribution in [1.82, 2.24) is 0 Å². The van der Waals surface area contributed by atoms with Gasteiger partial charge >= 0.3 is 5.97 Å². The van der Waals surface area contributed by atoms with E-state index in [1.54, 1.807) is 6.92 Å². The van der Waals surface area contributed by atoms with Gasteiger partial charge in [-0.15, -0.1) is 0 Å². The second-order valence-corrected chi connectivity index (χ2v) is 6.03. The van der Waals surface area contributed by atoms with Crippen molar-refractivity contribution >= 4 is 40.2 Å². The number of benzene rings is 2. The number of carboxylic acid groups (broad SMARTS) is 1. The third kappa shape index (κ3) is 5.31. The summed E-state index contributed by atoms with van der Waals surface area (Å²) in [6.45, 7) is 1.77. The largest absolute Gasteiger partial charge is 0.490 e. The number of rotatable bonds is 7. The van der Waals surface area contributed by atoms with Crippen molar-refractivity contribution in [2.24, 2.45) is 0 Å². The fourth-order valence-electron chi connectivity index (χ4n) is 1.96. The molecule has 132 valence electrons. The molecule has 6 nitrogen and oxygen atoms in total. The molecule has 0 aliphatic rings. The van der Waals surface area contributed by atoms with Gasteiger partial charge in [-0.05, 0) is 65.9 Å². The standard InChI is InChI=1S/C17H15FINO5/c1-2-24-14-8-10(17(22)23)7-13(19)16(14)25-9-15(21)20-12-5-3-11(18)4-6-12/h3-8H,2,9H2,1H3,(H,20,21)(H,22,23). The van der Waals surface area contributed by atoms with Gasteiger partial charge < -0.3 is 19.9 Å². The van der Waals surface area contributed by atoms with E-state index in [9.17, 15) is 14.0 Å². The molecule has 0 atom stereocenters. The number of aromatic carboxylic acids is 1. The zero-order chi connectivity index (χ0) is 18.4. The van der Waals surface area contributed by atoms with Crippen LogP contribution in [-0.4, -0.2) is 30.2 Å². The van der Waals surface area contributed by atoms with Gasteiger partial charge in [0.1, 0.15) is 5.82 Å². The number of carbonyl (C=O) groups is 2. The predicted molar refractivity (Wildman–Crippen MR) is 97.8 cm³/mol. The molecule has 0 aliphatic carbocycles. The summed E-state index contributed by atoms with van der Waals surface area (Å²) in [6.07, 6.45) is 0. The Balaban J connectivity index is 2.09. The number of nitrogens with one attached hydrogen (secondary N) is 1. The number of carboxylic acids is 1. The summed E-state index contributed by atoms with van der Waals surface area (Å²) in [4.78, 5) is 23.1. The van der Waals surface area contributed by atoms with Gasteiger partial charge in [-0.25, -0.2) is 9.18 Å². The lowest BCUT2D eigenvalue weighted by atomic mass is 10.2. The van der Waals surface area contributed by atoms with Crippen LogP contribution in [-0.2, 0) is 4.79 Å². The second-order valence-electron chi connectivity index (χ2n) is 4.87. The molecule has 2 rings (SSSR count). The lowest BCUT2D eigenvalue weighted by molar-refractivity contribution is -0.118. The van der Waals surface area contributed by atoms with Gasteiger partial charge in [-0.2, -0.15) is 0 Å². The summed E-state index contributed by atoms with van der Waals surface area (Å²) in [5.41, 5.74) is 0.506. The number of ether oxygens (including phenoxy) is 2. The third-order valence-corrected chi connectivity index (χ3v) is 3.83. The van der Waals surface area contributed by atoms with Crippen molar-refractivity contribution in [3.63, 3.8) is 0 Å². The Kier molecular flexibility index (Phi) is 6.57. The van der Waals surface area contributed by atoms with Crippen molar-refractivity contribution in [2.75, 3.05) is 18.5 Å². The minimum atomic E-state index is -1.08. The number of carbonyl (C=O) groups excluding carboxylic acids is 1. The molecule has 1 amide bonds. The van der Waals surface area contributed by atoms with Crippen LogP contribution in [0.15, 0.2) is 36.4 Å². The Bertz CT molecular complexity index is 779. The zero-order valence-corrected chi connectivity index (χ0v) is 15.4.